The third-order valence-corrected chi connectivity index (χ3v) is 3.19. The van der Waals surface area contributed by atoms with Gasteiger partial charge in [0.2, 0.25) is 5.91 Å². The van der Waals surface area contributed by atoms with Gasteiger partial charge in [-0.3, -0.25) is 4.79 Å². The number of carbonyl (C=O) groups is 1. The van der Waals surface area contributed by atoms with Crippen molar-refractivity contribution in [1.29, 1.82) is 0 Å². The van der Waals surface area contributed by atoms with Gasteiger partial charge in [0, 0.05) is 32.2 Å². The first-order chi connectivity index (χ1) is 8.43. The van der Waals surface area contributed by atoms with E-state index >= 15 is 0 Å². The number of ether oxygens (including phenoxy) is 2. The lowest BCUT2D eigenvalue weighted by Gasteiger charge is -2.28. The molecule has 0 aromatic rings. The van der Waals surface area contributed by atoms with Crippen molar-refractivity contribution in [1.82, 2.24) is 10.6 Å². The van der Waals surface area contributed by atoms with E-state index in [2.05, 4.69) is 10.6 Å². The summed E-state index contributed by atoms with van der Waals surface area (Å²) in [4.78, 5) is 11.8. The molecule has 6 heteroatoms. The van der Waals surface area contributed by atoms with Crippen LogP contribution in [0.1, 0.15) is 33.6 Å². The van der Waals surface area contributed by atoms with Crippen LogP contribution in [0.4, 0.5) is 0 Å². The topological polar surface area (TPSA) is 59.6 Å². The fourth-order valence-corrected chi connectivity index (χ4v) is 2.18. The highest BCUT2D eigenvalue weighted by Crippen LogP contribution is 2.15. The van der Waals surface area contributed by atoms with Crippen molar-refractivity contribution in [2.24, 2.45) is 0 Å². The molecule has 1 heterocycles. The second kappa shape index (κ2) is 8.74. The summed E-state index contributed by atoms with van der Waals surface area (Å²) in [6.45, 7) is 8.22. The number of nitrogens with one attached hydrogen (secondary N) is 2. The number of rotatable bonds is 6. The van der Waals surface area contributed by atoms with Gasteiger partial charge in [0.1, 0.15) is 0 Å². The Morgan fingerprint density at radius 2 is 2.26 bits per heavy atom. The first kappa shape index (κ1) is 18.6. The van der Waals surface area contributed by atoms with E-state index in [9.17, 15) is 4.79 Å². The Bertz CT molecular complexity index is 269. The third kappa shape index (κ3) is 7.72. The van der Waals surface area contributed by atoms with Crippen LogP contribution in [0.25, 0.3) is 0 Å². The minimum atomic E-state index is -0.209. The molecule has 19 heavy (non-hydrogen) atoms. The molecule has 0 aliphatic carbocycles. The van der Waals surface area contributed by atoms with Crippen LogP contribution in [-0.4, -0.2) is 50.5 Å². The van der Waals surface area contributed by atoms with Crippen molar-refractivity contribution in [2.45, 2.75) is 51.3 Å². The Hall–Kier alpha value is -0.360. The van der Waals surface area contributed by atoms with Crippen molar-refractivity contribution in [3.05, 3.63) is 0 Å². The lowest BCUT2D eigenvalue weighted by molar-refractivity contribution is -0.123. The zero-order valence-corrected chi connectivity index (χ0v) is 13.1. The third-order valence-electron chi connectivity index (χ3n) is 3.19. The van der Waals surface area contributed by atoms with Crippen molar-refractivity contribution >= 4 is 18.3 Å². The van der Waals surface area contributed by atoms with Crippen LogP contribution in [-0.2, 0) is 14.3 Å². The second-order valence-electron chi connectivity index (χ2n) is 5.57. The number of halogens is 1. The van der Waals surface area contributed by atoms with Crippen LogP contribution in [0, 0.1) is 0 Å². The summed E-state index contributed by atoms with van der Waals surface area (Å²) in [6.07, 6.45) is 1.27. The van der Waals surface area contributed by atoms with E-state index in [1.54, 1.807) is 7.11 Å². The molecule has 0 saturated carbocycles. The minimum absolute atomic E-state index is 0. The average Bonchev–Trinajstić information content (AvgIpc) is 2.29. The normalized spacial score (nSPS) is 21.4. The van der Waals surface area contributed by atoms with Gasteiger partial charge in [-0.25, -0.2) is 0 Å². The SMILES string of the molecule is COC(C)(C)CC(C)NC(=O)CC1COCCN1.Cl. The zero-order chi connectivity index (χ0) is 13.6. The predicted molar refractivity (Wildman–Crippen MR) is 77.8 cm³/mol. The van der Waals surface area contributed by atoms with Crippen LogP contribution >= 0.6 is 12.4 Å². The largest absolute Gasteiger partial charge is 0.379 e. The molecule has 0 aromatic heterocycles. The van der Waals surface area contributed by atoms with E-state index in [0.717, 1.165) is 19.6 Å². The predicted octanol–water partition coefficient (Wildman–Crippen LogP) is 1.11. The second-order valence-corrected chi connectivity index (χ2v) is 5.57. The number of hydrogen-bond donors (Lipinski definition) is 2. The average molecular weight is 295 g/mol. The Morgan fingerprint density at radius 1 is 1.58 bits per heavy atom. The van der Waals surface area contributed by atoms with E-state index in [4.69, 9.17) is 9.47 Å². The molecule has 2 N–H and O–H groups in total. The van der Waals surface area contributed by atoms with Gasteiger partial charge in [-0.1, -0.05) is 0 Å². The molecule has 1 fully saturated rings. The number of carbonyl (C=O) groups excluding carboxylic acids is 1. The molecule has 1 saturated heterocycles. The molecule has 5 nitrogen and oxygen atoms in total. The van der Waals surface area contributed by atoms with Crippen molar-refractivity contribution in [2.75, 3.05) is 26.9 Å². The molecule has 0 aromatic carbocycles. The molecule has 1 rings (SSSR count). The number of methoxy groups -OCH3 is 1. The highest BCUT2D eigenvalue weighted by molar-refractivity contribution is 5.85. The molecule has 114 valence electrons. The monoisotopic (exact) mass is 294 g/mol. The maximum atomic E-state index is 11.8. The summed E-state index contributed by atoms with van der Waals surface area (Å²) in [6, 6.07) is 0.248. The van der Waals surface area contributed by atoms with Gasteiger partial charge in [-0.15, -0.1) is 12.4 Å². The molecule has 0 bridgehead atoms. The van der Waals surface area contributed by atoms with Crippen LogP contribution in [0.2, 0.25) is 0 Å². The number of hydrogen-bond acceptors (Lipinski definition) is 4. The Morgan fingerprint density at radius 3 is 2.79 bits per heavy atom. The number of amides is 1. The molecule has 1 aliphatic rings. The van der Waals surface area contributed by atoms with Gasteiger partial charge in [-0.05, 0) is 27.2 Å². The molecular weight excluding hydrogens is 268 g/mol. The van der Waals surface area contributed by atoms with Gasteiger partial charge >= 0.3 is 0 Å². The van der Waals surface area contributed by atoms with Gasteiger partial charge in [0.15, 0.2) is 0 Å². The molecule has 2 atom stereocenters. The van der Waals surface area contributed by atoms with Crippen LogP contribution < -0.4 is 10.6 Å². The zero-order valence-electron chi connectivity index (χ0n) is 12.3. The molecule has 0 spiro atoms. The minimum Gasteiger partial charge on any atom is -0.379 e. The van der Waals surface area contributed by atoms with Crippen molar-refractivity contribution in [3.8, 4) is 0 Å². The van der Waals surface area contributed by atoms with Gasteiger partial charge in [-0.2, -0.15) is 0 Å². The van der Waals surface area contributed by atoms with Crippen LogP contribution in [0.3, 0.4) is 0 Å². The fraction of sp³-hybridized carbons (Fsp3) is 0.923. The van der Waals surface area contributed by atoms with Crippen LogP contribution in [0.5, 0.6) is 0 Å². The smallest absolute Gasteiger partial charge is 0.221 e. The van der Waals surface area contributed by atoms with Gasteiger partial charge in [0.25, 0.3) is 0 Å². The van der Waals surface area contributed by atoms with Crippen LogP contribution in [0.15, 0.2) is 0 Å². The summed E-state index contributed by atoms with van der Waals surface area (Å²) in [5.74, 6) is 0.0670. The first-order valence-electron chi connectivity index (χ1n) is 6.58. The summed E-state index contributed by atoms with van der Waals surface area (Å²) < 4.78 is 10.7. The van der Waals surface area contributed by atoms with Crippen molar-refractivity contribution < 1.29 is 14.3 Å². The summed E-state index contributed by atoms with van der Waals surface area (Å²) in [7, 11) is 1.69. The van der Waals surface area contributed by atoms with Gasteiger partial charge in [0.05, 0.1) is 18.8 Å². The summed E-state index contributed by atoms with van der Waals surface area (Å²) in [5, 5.41) is 6.28. The lowest BCUT2D eigenvalue weighted by atomic mass is 9.99. The maximum Gasteiger partial charge on any atom is 0.221 e. The van der Waals surface area contributed by atoms with E-state index in [-0.39, 0.29) is 36.0 Å². The Balaban J connectivity index is 0.00000324. The first-order valence-corrected chi connectivity index (χ1v) is 6.58. The highest BCUT2D eigenvalue weighted by atomic mass is 35.5. The fourth-order valence-electron chi connectivity index (χ4n) is 2.18. The van der Waals surface area contributed by atoms with Crippen molar-refractivity contribution in [3.63, 3.8) is 0 Å². The standard InChI is InChI=1S/C13H26N2O3.ClH/c1-10(8-13(2,3)17-4)15-12(16)7-11-9-18-6-5-14-11;/h10-11,14H,5-9H2,1-4H3,(H,15,16);1H. The molecule has 0 radical (unpaired) electrons. The number of morpholine rings is 1. The van der Waals surface area contributed by atoms with E-state index < -0.39 is 0 Å². The van der Waals surface area contributed by atoms with E-state index in [1.807, 2.05) is 20.8 Å². The highest BCUT2D eigenvalue weighted by Gasteiger charge is 2.22. The summed E-state index contributed by atoms with van der Waals surface area (Å²) in [5.41, 5.74) is -0.209. The van der Waals surface area contributed by atoms with E-state index in [1.165, 1.54) is 0 Å². The maximum absolute atomic E-state index is 11.8. The quantitative estimate of drug-likeness (QED) is 0.770. The Labute approximate surface area is 122 Å². The lowest BCUT2D eigenvalue weighted by Crippen LogP contribution is -2.46. The Kier molecular flexibility index (Phi) is 8.57. The van der Waals surface area contributed by atoms with E-state index in [0.29, 0.717) is 13.0 Å². The van der Waals surface area contributed by atoms with Gasteiger partial charge < -0.3 is 20.1 Å². The molecule has 1 aliphatic heterocycles. The molecular formula is C13H27ClN2O3. The molecule has 1 amide bonds. The summed E-state index contributed by atoms with van der Waals surface area (Å²) >= 11 is 0. The molecule has 2 unspecified atom stereocenters.